The summed E-state index contributed by atoms with van der Waals surface area (Å²) in [5, 5.41) is 2.45. The highest BCUT2D eigenvalue weighted by atomic mass is 14.5. The Balaban J connectivity index is 2.87. The van der Waals surface area contributed by atoms with Crippen molar-refractivity contribution in [2.24, 2.45) is 0 Å². The molecule has 13 heavy (non-hydrogen) atoms. The number of fused-ring (bicyclic) bond motifs is 1. The fraction of sp³-hybridized carbons (Fsp3) is 0.167. The van der Waals surface area contributed by atoms with Crippen molar-refractivity contribution in [2.45, 2.75) is 13.3 Å². The van der Waals surface area contributed by atoms with E-state index in [2.05, 4.69) is 31.2 Å². The fourth-order valence-corrected chi connectivity index (χ4v) is 1.74. The van der Waals surface area contributed by atoms with Crippen LogP contribution in [0.4, 0.5) is 5.69 Å². The minimum absolute atomic E-state index is 0.884. The molecule has 0 fully saturated rings. The van der Waals surface area contributed by atoms with E-state index in [1.165, 1.54) is 16.3 Å². The SMILES string of the molecule is CCc1cccc2cccc(N)c12. The van der Waals surface area contributed by atoms with Crippen LogP contribution in [-0.2, 0) is 6.42 Å². The summed E-state index contributed by atoms with van der Waals surface area (Å²) < 4.78 is 0. The number of nitrogens with two attached hydrogens (primary N) is 1. The van der Waals surface area contributed by atoms with Gasteiger partial charge in [0.05, 0.1) is 0 Å². The Labute approximate surface area is 78.2 Å². The van der Waals surface area contributed by atoms with Gasteiger partial charge in [-0.2, -0.15) is 0 Å². The third kappa shape index (κ3) is 1.26. The maximum Gasteiger partial charge on any atom is 0.0396 e. The zero-order chi connectivity index (χ0) is 9.26. The molecule has 0 bridgehead atoms. The van der Waals surface area contributed by atoms with Crippen LogP contribution in [0.2, 0.25) is 0 Å². The van der Waals surface area contributed by atoms with Gasteiger partial charge >= 0.3 is 0 Å². The van der Waals surface area contributed by atoms with Crippen molar-refractivity contribution < 1.29 is 0 Å². The van der Waals surface area contributed by atoms with E-state index in [0.717, 1.165) is 12.1 Å². The second kappa shape index (κ2) is 3.09. The molecule has 0 aromatic heterocycles. The van der Waals surface area contributed by atoms with Crippen molar-refractivity contribution in [3.63, 3.8) is 0 Å². The lowest BCUT2D eigenvalue weighted by Gasteiger charge is -2.06. The summed E-state index contributed by atoms with van der Waals surface area (Å²) in [6.07, 6.45) is 1.03. The summed E-state index contributed by atoms with van der Waals surface area (Å²) >= 11 is 0. The molecule has 0 heterocycles. The van der Waals surface area contributed by atoms with Crippen LogP contribution in [0.15, 0.2) is 36.4 Å². The van der Waals surface area contributed by atoms with Gasteiger partial charge in [-0.15, -0.1) is 0 Å². The Morgan fingerprint density at radius 3 is 2.46 bits per heavy atom. The van der Waals surface area contributed by atoms with Gasteiger partial charge in [0.15, 0.2) is 0 Å². The van der Waals surface area contributed by atoms with Gasteiger partial charge in [0.1, 0.15) is 0 Å². The van der Waals surface area contributed by atoms with Crippen LogP contribution in [0.5, 0.6) is 0 Å². The normalized spacial score (nSPS) is 10.5. The number of hydrogen-bond acceptors (Lipinski definition) is 1. The zero-order valence-electron chi connectivity index (χ0n) is 7.75. The van der Waals surface area contributed by atoms with Gasteiger partial charge < -0.3 is 5.73 Å². The van der Waals surface area contributed by atoms with Crippen molar-refractivity contribution in [2.75, 3.05) is 5.73 Å². The smallest absolute Gasteiger partial charge is 0.0396 e. The standard InChI is InChI=1S/C12H13N/c1-2-9-5-3-6-10-7-4-8-11(13)12(9)10/h3-8H,2,13H2,1H3. The first kappa shape index (κ1) is 8.11. The summed E-state index contributed by atoms with van der Waals surface area (Å²) in [5.41, 5.74) is 8.15. The highest BCUT2D eigenvalue weighted by molar-refractivity contribution is 5.95. The van der Waals surface area contributed by atoms with Gasteiger partial charge in [-0.3, -0.25) is 0 Å². The molecule has 0 saturated carbocycles. The quantitative estimate of drug-likeness (QED) is 0.656. The maximum atomic E-state index is 5.93. The molecule has 0 unspecified atom stereocenters. The van der Waals surface area contributed by atoms with Crippen LogP contribution in [0.3, 0.4) is 0 Å². The number of anilines is 1. The lowest BCUT2D eigenvalue weighted by atomic mass is 10.0. The van der Waals surface area contributed by atoms with Crippen molar-refractivity contribution >= 4 is 16.5 Å². The minimum atomic E-state index is 0.884. The van der Waals surface area contributed by atoms with Gasteiger partial charge in [0.25, 0.3) is 0 Å². The topological polar surface area (TPSA) is 26.0 Å². The predicted octanol–water partition coefficient (Wildman–Crippen LogP) is 2.98. The summed E-state index contributed by atoms with van der Waals surface area (Å²) in [7, 11) is 0. The Hall–Kier alpha value is -1.50. The number of rotatable bonds is 1. The Bertz CT molecular complexity index is 427. The van der Waals surface area contributed by atoms with Gasteiger partial charge in [0.2, 0.25) is 0 Å². The van der Waals surface area contributed by atoms with Crippen molar-refractivity contribution in [1.82, 2.24) is 0 Å². The third-order valence-electron chi connectivity index (χ3n) is 2.40. The Morgan fingerprint density at radius 1 is 1.08 bits per heavy atom. The van der Waals surface area contributed by atoms with Crippen LogP contribution in [0, 0.1) is 0 Å². The van der Waals surface area contributed by atoms with Crippen LogP contribution in [0.1, 0.15) is 12.5 Å². The van der Waals surface area contributed by atoms with Crippen LogP contribution in [0.25, 0.3) is 10.8 Å². The van der Waals surface area contributed by atoms with E-state index in [1.54, 1.807) is 0 Å². The van der Waals surface area contributed by atoms with Crippen molar-refractivity contribution in [3.05, 3.63) is 42.0 Å². The predicted molar refractivity (Wildman–Crippen MR) is 57.7 cm³/mol. The molecule has 0 saturated heterocycles. The third-order valence-corrected chi connectivity index (χ3v) is 2.40. The van der Waals surface area contributed by atoms with E-state index >= 15 is 0 Å². The molecule has 2 N–H and O–H groups in total. The van der Waals surface area contributed by atoms with Crippen molar-refractivity contribution in [3.8, 4) is 0 Å². The fourth-order valence-electron chi connectivity index (χ4n) is 1.74. The van der Waals surface area contributed by atoms with Crippen LogP contribution in [-0.4, -0.2) is 0 Å². The lowest BCUT2D eigenvalue weighted by Crippen LogP contribution is -1.90. The molecule has 1 nitrogen and oxygen atoms in total. The summed E-state index contributed by atoms with van der Waals surface area (Å²) in [6, 6.07) is 12.4. The van der Waals surface area contributed by atoms with E-state index in [-0.39, 0.29) is 0 Å². The zero-order valence-corrected chi connectivity index (χ0v) is 7.75. The molecule has 2 aromatic carbocycles. The highest BCUT2D eigenvalue weighted by Crippen LogP contribution is 2.24. The largest absolute Gasteiger partial charge is 0.398 e. The van der Waals surface area contributed by atoms with Crippen LogP contribution >= 0.6 is 0 Å². The van der Waals surface area contributed by atoms with Crippen molar-refractivity contribution in [1.29, 1.82) is 0 Å². The first-order valence-corrected chi connectivity index (χ1v) is 4.59. The van der Waals surface area contributed by atoms with Gasteiger partial charge in [-0.05, 0) is 23.4 Å². The number of aryl methyl sites for hydroxylation is 1. The second-order valence-electron chi connectivity index (χ2n) is 3.22. The molecule has 1 heteroatoms. The molecule has 0 spiro atoms. The summed E-state index contributed by atoms with van der Waals surface area (Å²) in [5.74, 6) is 0. The molecule has 66 valence electrons. The Morgan fingerprint density at radius 2 is 1.77 bits per heavy atom. The lowest BCUT2D eigenvalue weighted by molar-refractivity contribution is 1.16. The van der Waals surface area contributed by atoms with E-state index in [4.69, 9.17) is 5.73 Å². The maximum absolute atomic E-state index is 5.93. The molecular weight excluding hydrogens is 158 g/mol. The first-order chi connectivity index (χ1) is 6.33. The molecule has 0 aliphatic rings. The van der Waals surface area contributed by atoms with Gasteiger partial charge in [0, 0.05) is 11.1 Å². The van der Waals surface area contributed by atoms with E-state index < -0.39 is 0 Å². The Kier molecular flexibility index (Phi) is 1.93. The molecule has 2 rings (SSSR count). The average molecular weight is 171 g/mol. The van der Waals surface area contributed by atoms with E-state index in [9.17, 15) is 0 Å². The van der Waals surface area contributed by atoms with E-state index in [1.807, 2.05) is 12.1 Å². The van der Waals surface area contributed by atoms with Gasteiger partial charge in [-0.25, -0.2) is 0 Å². The summed E-state index contributed by atoms with van der Waals surface area (Å²) in [6.45, 7) is 2.15. The molecule has 0 radical (unpaired) electrons. The summed E-state index contributed by atoms with van der Waals surface area (Å²) in [4.78, 5) is 0. The minimum Gasteiger partial charge on any atom is -0.398 e. The average Bonchev–Trinajstić information content (AvgIpc) is 2.17. The van der Waals surface area contributed by atoms with E-state index in [0.29, 0.717) is 0 Å². The number of benzene rings is 2. The van der Waals surface area contributed by atoms with Crippen LogP contribution < -0.4 is 5.73 Å². The number of hydrogen-bond donors (Lipinski definition) is 1. The molecule has 0 aliphatic carbocycles. The molecule has 2 aromatic rings. The first-order valence-electron chi connectivity index (χ1n) is 4.59. The molecule has 0 aliphatic heterocycles. The number of nitrogen functional groups attached to an aromatic ring is 1. The molecule has 0 amide bonds. The highest BCUT2D eigenvalue weighted by Gasteiger charge is 2.00. The molecular formula is C12H13N. The van der Waals surface area contributed by atoms with Gasteiger partial charge in [-0.1, -0.05) is 37.3 Å². The second-order valence-corrected chi connectivity index (χ2v) is 3.22. The monoisotopic (exact) mass is 171 g/mol. The molecule has 0 atom stereocenters.